The SMILES string of the molecule is Cc1csc(-c2csc(CNC(=O)OC(C)(C)C)n2)n1. The molecule has 0 saturated carbocycles. The third kappa shape index (κ3) is 4.28. The summed E-state index contributed by atoms with van der Waals surface area (Å²) in [5, 5.41) is 8.37. The first kappa shape index (κ1) is 14.9. The lowest BCUT2D eigenvalue weighted by atomic mass is 10.2. The van der Waals surface area contributed by atoms with Gasteiger partial charge in [0.1, 0.15) is 21.3 Å². The normalized spacial score (nSPS) is 11.4. The van der Waals surface area contributed by atoms with Gasteiger partial charge >= 0.3 is 6.09 Å². The number of thiazole rings is 2. The lowest BCUT2D eigenvalue weighted by molar-refractivity contribution is 0.0523. The summed E-state index contributed by atoms with van der Waals surface area (Å²) in [6.07, 6.45) is -0.431. The van der Waals surface area contributed by atoms with E-state index in [1.54, 1.807) is 11.3 Å². The maximum absolute atomic E-state index is 11.5. The Balaban J connectivity index is 1.92. The minimum absolute atomic E-state index is 0.365. The van der Waals surface area contributed by atoms with Crippen molar-refractivity contribution in [2.75, 3.05) is 0 Å². The number of carbonyl (C=O) groups is 1. The van der Waals surface area contributed by atoms with Gasteiger partial charge in [0.2, 0.25) is 0 Å². The number of nitrogens with one attached hydrogen (secondary N) is 1. The van der Waals surface area contributed by atoms with E-state index in [1.807, 2.05) is 38.5 Å². The molecule has 2 aromatic heterocycles. The van der Waals surface area contributed by atoms with Gasteiger partial charge in [-0.3, -0.25) is 0 Å². The van der Waals surface area contributed by atoms with E-state index in [2.05, 4.69) is 15.3 Å². The van der Waals surface area contributed by atoms with Crippen LogP contribution in [-0.2, 0) is 11.3 Å². The first-order valence-electron chi connectivity index (χ1n) is 6.17. The molecule has 0 spiro atoms. The van der Waals surface area contributed by atoms with Crippen molar-refractivity contribution in [1.29, 1.82) is 0 Å². The third-order valence-corrected chi connectivity index (χ3v) is 4.00. The van der Waals surface area contributed by atoms with Gasteiger partial charge in [-0.1, -0.05) is 0 Å². The van der Waals surface area contributed by atoms with Crippen LogP contribution in [0.2, 0.25) is 0 Å². The predicted octanol–water partition coefficient (Wildman–Crippen LogP) is 3.60. The molecule has 0 atom stereocenters. The van der Waals surface area contributed by atoms with Crippen molar-refractivity contribution in [3.63, 3.8) is 0 Å². The number of aryl methyl sites for hydroxylation is 1. The summed E-state index contributed by atoms with van der Waals surface area (Å²) in [5.74, 6) is 0. The molecular weight excluding hydrogens is 294 g/mol. The molecule has 7 heteroatoms. The molecule has 1 amide bonds. The van der Waals surface area contributed by atoms with Crippen LogP contribution in [0.15, 0.2) is 10.8 Å². The highest BCUT2D eigenvalue weighted by molar-refractivity contribution is 7.14. The summed E-state index contributed by atoms with van der Waals surface area (Å²) in [4.78, 5) is 20.4. The van der Waals surface area contributed by atoms with Gasteiger partial charge in [0, 0.05) is 16.5 Å². The Morgan fingerprint density at radius 1 is 1.30 bits per heavy atom. The third-order valence-electron chi connectivity index (χ3n) is 2.17. The molecule has 0 aliphatic rings. The van der Waals surface area contributed by atoms with Gasteiger partial charge in [-0.05, 0) is 27.7 Å². The maximum Gasteiger partial charge on any atom is 0.408 e. The van der Waals surface area contributed by atoms with E-state index in [4.69, 9.17) is 4.74 Å². The minimum atomic E-state index is -0.490. The number of ether oxygens (including phenoxy) is 1. The fraction of sp³-hybridized carbons (Fsp3) is 0.462. The van der Waals surface area contributed by atoms with E-state index in [9.17, 15) is 4.79 Å². The van der Waals surface area contributed by atoms with E-state index in [-0.39, 0.29) is 0 Å². The molecule has 0 aliphatic carbocycles. The predicted molar refractivity (Wildman–Crippen MR) is 81.0 cm³/mol. The molecule has 2 rings (SSSR count). The van der Waals surface area contributed by atoms with Crippen LogP contribution >= 0.6 is 22.7 Å². The van der Waals surface area contributed by atoms with Crippen LogP contribution < -0.4 is 5.32 Å². The van der Waals surface area contributed by atoms with Crippen LogP contribution in [0.25, 0.3) is 10.7 Å². The molecular formula is C13H17N3O2S2. The average molecular weight is 311 g/mol. The zero-order chi connectivity index (χ0) is 14.8. The summed E-state index contributed by atoms with van der Waals surface area (Å²) in [6, 6.07) is 0. The van der Waals surface area contributed by atoms with Crippen molar-refractivity contribution in [3.8, 4) is 10.7 Å². The lowest BCUT2D eigenvalue weighted by Crippen LogP contribution is -2.32. The van der Waals surface area contributed by atoms with Crippen molar-refractivity contribution in [3.05, 3.63) is 21.5 Å². The van der Waals surface area contributed by atoms with Gasteiger partial charge < -0.3 is 10.1 Å². The Kier molecular flexibility index (Phi) is 4.39. The van der Waals surface area contributed by atoms with E-state index in [0.717, 1.165) is 21.4 Å². The number of alkyl carbamates (subject to hydrolysis) is 1. The number of aromatic nitrogens is 2. The highest BCUT2D eigenvalue weighted by atomic mass is 32.1. The van der Waals surface area contributed by atoms with Crippen molar-refractivity contribution in [2.45, 2.75) is 39.8 Å². The van der Waals surface area contributed by atoms with Crippen LogP contribution in [0.5, 0.6) is 0 Å². The highest BCUT2D eigenvalue weighted by Gasteiger charge is 2.16. The molecule has 0 saturated heterocycles. The Hall–Kier alpha value is -1.47. The van der Waals surface area contributed by atoms with E-state index in [1.165, 1.54) is 11.3 Å². The van der Waals surface area contributed by atoms with Gasteiger partial charge in [-0.2, -0.15) is 0 Å². The highest BCUT2D eigenvalue weighted by Crippen LogP contribution is 2.25. The minimum Gasteiger partial charge on any atom is -0.444 e. The Morgan fingerprint density at radius 3 is 2.65 bits per heavy atom. The number of rotatable bonds is 3. The van der Waals surface area contributed by atoms with Crippen molar-refractivity contribution in [2.24, 2.45) is 0 Å². The summed E-state index contributed by atoms with van der Waals surface area (Å²) < 4.78 is 5.17. The second kappa shape index (κ2) is 5.88. The van der Waals surface area contributed by atoms with Crippen molar-refractivity contribution >= 4 is 28.8 Å². The number of carbonyl (C=O) groups excluding carboxylic acids is 1. The Morgan fingerprint density at radius 2 is 2.05 bits per heavy atom. The molecule has 2 aromatic rings. The molecule has 0 fully saturated rings. The Labute approximate surface area is 126 Å². The Bertz CT molecular complexity index is 599. The first-order valence-corrected chi connectivity index (χ1v) is 7.93. The van der Waals surface area contributed by atoms with Crippen LogP contribution in [0.1, 0.15) is 31.5 Å². The molecule has 20 heavy (non-hydrogen) atoms. The summed E-state index contributed by atoms with van der Waals surface area (Å²) in [5.41, 5.74) is 1.36. The van der Waals surface area contributed by atoms with Crippen LogP contribution in [0.3, 0.4) is 0 Å². The molecule has 1 N–H and O–H groups in total. The number of hydrogen-bond donors (Lipinski definition) is 1. The summed E-state index contributed by atoms with van der Waals surface area (Å²) in [6.45, 7) is 7.82. The van der Waals surface area contributed by atoms with Crippen molar-refractivity contribution < 1.29 is 9.53 Å². The maximum atomic E-state index is 11.5. The molecule has 0 aliphatic heterocycles. The first-order chi connectivity index (χ1) is 9.33. The van der Waals surface area contributed by atoms with Gasteiger partial charge in [0.15, 0.2) is 0 Å². The molecule has 2 heterocycles. The quantitative estimate of drug-likeness (QED) is 0.940. The molecule has 0 aromatic carbocycles. The standard InChI is InChI=1S/C13H17N3O2S2/c1-8-6-20-11(15-8)9-7-19-10(16-9)5-14-12(17)18-13(2,3)4/h6-7H,5H2,1-4H3,(H,14,17). The van der Waals surface area contributed by atoms with Crippen molar-refractivity contribution in [1.82, 2.24) is 15.3 Å². The van der Waals surface area contributed by atoms with Gasteiger partial charge in [0.25, 0.3) is 0 Å². The fourth-order valence-electron chi connectivity index (χ4n) is 1.42. The zero-order valence-corrected chi connectivity index (χ0v) is 13.5. The molecule has 0 radical (unpaired) electrons. The van der Waals surface area contributed by atoms with Gasteiger partial charge in [-0.15, -0.1) is 22.7 Å². The fourth-order valence-corrected chi connectivity index (χ4v) is 2.97. The van der Waals surface area contributed by atoms with E-state index < -0.39 is 11.7 Å². The summed E-state index contributed by atoms with van der Waals surface area (Å²) >= 11 is 3.07. The van der Waals surface area contributed by atoms with Gasteiger partial charge in [0.05, 0.1) is 6.54 Å². The monoisotopic (exact) mass is 311 g/mol. The smallest absolute Gasteiger partial charge is 0.408 e. The molecule has 5 nitrogen and oxygen atoms in total. The molecule has 0 bridgehead atoms. The number of nitrogens with zero attached hydrogens (tertiary/aromatic N) is 2. The topological polar surface area (TPSA) is 64.1 Å². The van der Waals surface area contributed by atoms with E-state index >= 15 is 0 Å². The second-order valence-corrected chi connectivity index (χ2v) is 7.08. The van der Waals surface area contributed by atoms with Crippen LogP contribution in [-0.4, -0.2) is 21.7 Å². The van der Waals surface area contributed by atoms with Crippen LogP contribution in [0, 0.1) is 6.92 Å². The number of hydrogen-bond acceptors (Lipinski definition) is 6. The van der Waals surface area contributed by atoms with Gasteiger partial charge in [-0.25, -0.2) is 14.8 Å². The molecule has 108 valence electrons. The molecule has 0 unspecified atom stereocenters. The van der Waals surface area contributed by atoms with E-state index in [0.29, 0.717) is 6.54 Å². The second-order valence-electron chi connectivity index (χ2n) is 5.28. The van der Waals surface area contributed by atoms with Crippen LogP contribution in [0.4, 0.5) is 4.79 Å². The summed E-state index contributed by atoms with van der Waals surface area (Å²) in [7, 11) is 0. The lowest BCUT2D eigenvalue weighted by Gasteiger charge is -2.19. The largest absolute Gasteiger partial charge is 0.444 e. The number of amides is 1. The zero-order valence-electron chi connectivity index (χ0n) is 11.9. The average Bonchev–Trinajstić information content (AvgIpc) is 2.92.